The molecule has 0 aromatic heterocycles. The number of hydrogen-bond acceptors (Lipinski definition) is 6. The summed E-state index contributed by atoms with van der Waals surface area (Å²) in [4.78, 5) is 34.1. The Morgan fingerprint density at radius 2 is 1.84 bits per heavy atom. The lowest BCUT2D eigenvalue weighted by molar-refractivity contribution is -0.155. The lowest BCUT2D eigenvalue weighted by Crippen LogP contribution is -2.35. The van der Waals surface area contributed by atoms with E-state index in [9.17, 15) is 14.4 Å². The monoisotopic (exact) mass is 268 g/mol. The molecular weight excluding hydrogens is 252 g/mol. The van der Waals surface area contributed by atoms with E-state index in [1.54, 1.807) is 0 Å². The maximum absolute atomic E-state index is 11.7. The molecule has 0 aromatic carbocycles. The van der Waals surface area contributed by atoms with Crippen LogP contribution in [0.5, 0.6) is 0 Å². The van der Waals surface area contributed by atoms with Crippen molar-refractivity contribution in [3.8, 4) is 0 Å². The fourth-order valence-electron chi connectivity index (χ4n) is 4.02. The number of carbonyl (C=O) groups excluding carboxylic acids is 3. The summed E-state index contributed by atoms with van der Waals surface area (Å²) in [6.07, 6.45) is -0.0364. The van der Waals surface area contributed by atoms with E-state index in [0.29, 0.717) is 13.0 Å². The Balaban J connectivity index is 1.85. The van der Waals surface area contributed by atoms with E-state index in [-0.39, 0.29) is 53.8 Å². The molecule has 0 spiro atoms. The Bertz CT molecular complexity index is 444. The van der Waals surface area contributed by atoms with Crippen molar-refractivity contribution in [2.24, 2.45) is 23.7 Å². The van der Waals surface area contributed by atoms with Crippen LogP contribution in [0.25, 0.3) is 0 Å². The van der Waals surface area contributed by atoms with Crippen LogP contribution in [-0.2, 0) is 28.6 Å². The minimum absolute atomic E-state index is 0.0000463. The van der Waals surface area contributed by atoms with Crippen LogP contribution in [-0.4, -0.2) is 36.7 Å². The molecule has 104 valence electrons. The molecule has 0 N–H and O–H groups in total. The molecular formula is C13H16O6. The normalized spacial score (nSPS) is 42.7. The van der Waals surface area contributed by atoms with Crippen LogP contribution in [0, 0.1) is 23.7 Å². The highest BCUT2D eigenvalue weighted by molar-refractivity contribution is 5.77. The number of cyclic esters (lactones) is 1. The molecule has 2 aliphatic carbocycles. The molecule has 6 atom stereocenters. The average Bonchev–Trinajstić information content (AvgIpc) is 2.89. The van der Waals surface area contributed by atoms with E-state index < -0.39 is 0 Å². The van der Waals surface area contributed by atoms with Gasteiger partial charge in [0.2, 0.25) is 0 Å². The molecule has 1 saturated heterocycles. The highest BCUT2D eigenvalue weighted by atomic mass is 16.6. The zero-order valence-corrected chi connectivity index (χ0v) is 10.8. The minimum Gasteiger partial charge on any atom is -0.465 e. The summed E-state index contributed by atoms with van der Waals surface area (Å²) >= 11 is 0. The van der Waals surface area contributed by atoms with E-state index in [2.05, 4.69) is 0 Å². The smallest absolute Gasteiger partial charge is 0.309 e. The maximum Gasteiger partial charge on any atom is 0.309 e. The maximum atomic E-state index is 11.7. The molecule has 3 aliphatic rings. The quantitative estimate of drug-likeness (QED) is 0.529. The van der Waals surface area contributed by atoms with Crippen molar-refractivity contribution in [3.63, 3.8) is 0 Å². The third-order valence-corrected chi connectivity index (χ3v) is 4.46. The van der Waals surface area contributed by atoms with Crippen LogP contribution in [0.4, 0.5) is 0 Å². The van der Waals surface area contributed by atoms with Gasteiger partial charge in [-0.3, -0.25) is 14.4 Å². The zero-order chi connectivity index (χ0) is 13.7. The first-order valence-electron chi connectivity index (χ1n) is 6.50. The Labute approximate surface area is 110 Å². The van der Waals surface area contributed by atoms with Gasteiger partial charge in [-0.2, -0.15) is 0 Å². The fourth-order valence-corrected chi connectivity index (χ4v) is 4.02. The van der Waals surface area contributed by atoms with Gasteiger partial charge in [-0.15, -0.1) is 0 Å². The molecule has 1 heterocycles. The molecule has 0 aromatic rings. The van der Waals surface area contributed by atoms with Gasteiger partial charge in [0.1, 0.15) is 12.2 Å². The van der Waals surface area contributed by atoms with E-state index in [0.717, 1.165) is 0 Å². The summed E-state index contributed by atoms with van der Waals surface area (Å²) in [5.74, 6) is -1.33. The number of carbonyl (C=O) groups is 3. The third kappa shape index (κ3) is 1.81. The van der Waals surface area contributed by atoms with Crippen LogP contribution >= 0.6 is 0 Å². The van der Waals surface area contributed by atoms with Gasteiger partial charge in [0.15, 0.2) is 0 Å². The number of fused-ring (bicyclic) bond motifs is 5. The van der Waals surface area contributed by atoms with Crippen molar-refractivity contribution in [3.05, 3.63) is 0 Å². The molecule has 0 amide bonds. The van der Waals surface area contributed by atoms with Crippen molar-refractivity contribution in [2.75, 3.05) is 6.61 Å². The summed E-state index contributed by atoms with van der Waals surface area (Å²) in [7, 11) is 0. The second kappa shape index (κ2) is 4.21. The number of esters is 3. The Hall–Kier alpha value is -1.59. The van der Waals surface area contributed by atoms with Crippen molar-refractivity contribution in [1.29, 1.82) is 0 Å². The van der Waals surface area contributed by atoms with E-state index in [1.807, 2.05) is 0 Å². The number of rotatable bonds is 2. The molecule has 1 aliphatic heterocycles. The summed E-state index contributed by atoms with van der Waals surface area (Å²) in [5, 5.41) is 0. The molecule has 2 saturated carbocycles. The summed E-state index contributed by atoms with van der Waals surface area (Å²) in [5.41, 5.74) is 0. The highest BCUT2D eigenvalue weighted by Gasteiger charge is 2.66. The van der Waals surface area contributed by atoms with Crippen LogP contribution in [0.15, 0.2) is 0 Å². The van der Waals surface area contributed by atoms with Gasteiger partial charge >= 0.3 is 17.9 Å². The summed E-state index contributed by atoms with van der Waals surface area (Å²) in [6, 6.07) is 0. The van der Waals surface area contributed by atoms with E-state index >= 15 is 0 Å². The SMILES string of the molecule is CC(=O)O[C@@H]1[C@@H]2C[C@H](OC(C)=O)[C@@H]1[C@@H]1COC(=O)[C@@H]12. The van der Waals surface area contributed by atoms with Crippen LogP contribution in [0.1, 0.15) is 20.3 Å². The topological polar surface area (TPSA) is 78.9 Å². The lowest BCUT2D eigenvalue weighted by atomic mass is 9.80. The Morgan fingerprint density at radius 3 is 2.47 bits per heavy atom. The van der Waals surface area contributed by atoms with Gasteiger partial charge < -0.3 is 14.2 Å². The predicted molar refractivity (Wildman–Crippen MR) is 60.6 cm³/mol. The molecule has 3 fully saturated rings. The van der Waals surface area contributed by atoms with Crippen molar-refractivity contribution >= 4 is 17.9 Å². The van der Waals surface area contributed by atoms with Crippen LogP contribution in [0.2, 0.25) is 0 Å². The van der Waals surface area contributed by atoms with Gasteiger partial charge in [0.25, 0.3) is 0 Å². The van der Waals surface area contributed by atoms with Gasteiger partial charge in [0.05, 0.1) is 12.5 Å². The lowest BCUT2D eigenvalue weighted by Gasteiger charge is -2.27. The first-order chi connectivity index (χ1) is 8.99. The standard InChI is InChI=1S/C13H16O6/c1-5(14)18-9-3-7-10-8(4-17-13(10)16)11(9)12(7)19-6(2)15/h7-12H,3-4H2,1-2H3/t7-,8-,9+,10-,11+,12-/m1/s1. The second-order valence-corrected chi connectivity index (χ2v) is 5.52. The number of hydrogen-bond donors (Lipinski definition) is 0. The molecule has 6 heteroatoms. The van der Waals surface area contributed by atoms with Gasteiger partial charge in [-0.25, -0.2) is 0 Å². The molecule has 0 radical (unpaired) electrons. The van der Waals surface area contributed by atoms with Crippen molar-refractivity contribution in [2.45, 2.75) is 32.5 Å². The molecule has 0 unspecified atom stereocenters. The van der Waals surface area contributed by atoms with Gasteiger partial charge in [-0.1, -0.05) is 0 Å². The first-order valence-corrected chi connectivity index (χ1v) is 6.50. The van der Waals surface area contributed by atoms with Gasteiger partial charge in [0, 0.05) is 31.6 Å². The Morgan fingerprint density at radius 1 is 1.16 bits per heavy atom. The fraction of sp³-hybridized carbons (Fsp3) is 0.769. The van der Waals surface area contributed by atoms with Crippen molar-refractivity contribution < 1.29 is 28.6 Å². The number of ether oxygens (including phenoxy) is 3. The first kappa shape index (κ1) is 12.4. The highest BCUT2D eigenvalue weighted by Crippen LogP contribution is 2.57. The average molecular weight is 268 g/mol. The predicted octanol–water partition coefficient (Wildman–Crippen LogP) is 0.289. The van der Waals surface area contributed by atoms with Crippen LogP contribution in [0.3, 0.4) is 0 Å². The zero-order valence-electron chi connectivity index (χ0n) is 10.8. The van der Waals surface area contributed by atoms with Gasteiger partial charge in [-0.05, 0) is 6.42 Å². The van der Waals surface area contributed by atoms with Crippen molar-refractivity contribution in [1.82, 2.24) is 0 Å². The third-order valence-electron chi connectivity index (χ3n) is 4.46. The molecule has 3 rings (SSSR count). The van der Waals surface area contributed by atoms with Crippen LogP contribution < -0.4 is 0 Å². The molecule has 2 bridgehead atoms. The molecule has 6 nitrogen and oxygen atoms in total. The van der Waals surface area contributed by atoms with E-state index in [4.69, 9.17) is 14.2 Å². The summed E-state index contributed by atoms with van der Waals surface area (Å²) < 4.78 is 15.7. The molecule has 19 heavy (non-hydrogen) atoms. The van der Waals surface area contributed by atoms with E-state index in [1.165, 1.54) is 13.8 Å². The largest absolute Gasteiger partial charge is 0.465 e. The minimum atomic E-state index is -0.364. The Kier molecular flexibility index (Phi) is 2.76. The summed E-state index contributed by atoms with van der Waals surface area (Å²) in [6.45, 7) is 3.05. The second-order valence-electron chi connectivity index (χ2n) is 5.52.